The smallest absolute Gasteiger partial charge is 0.338 e. The highest BCUT2D eigenvalue weighted by molar-refractivity contribution is 5.89. The third-order valence-electron chi connectivity index (χ3n) is 7.71. The Balaban J connectivity index is 0.00000441. The lowest BCUT2D eigenvalue weighted by atomic mass is 9.90. The Morgan fingerprint density at radius 2 is 1.62 bits per heavy atom. The number of halogens is 1. The molecule has 1 aromatic carbocycles. The number of carbonyl (C=O) groups excluding carboxylic acids is 2. The first-order valence-corrected chi connectivity index (χ1v) is 13.9. The third kappa shape index (κ3) is 7.81. The fourth-order valence-electron chi connectivity index (χ4n) is 5.34. The van der Waals surface area contributed by atoms with E-state index in [1.165, 1.54) is 10.1 Å². The van der Waals surface area contributed by atoms with Crippen molar-refractivity contribution in [1.82, 2.24) is 24.3 Å². The van der Waals surface area contributed by atoms with Gasteiger partial charge in [-0.3, -0.25) is 19.6 Å². The van der Waals surface area contributed by atoms with Crippen molar-refractivity contribution >= 4 is 30.2 Å². The highest BCUT2D eigenvalue weighted by atomic mass is 35.5. The summed E-state index contributed by atoms with van der Waals surface area (Å²) in [6.07, 6.45) is 6.05. The van der Waals surface area contributed by atoms with Gasteiger partial charge >= 0.3 is 11.7 Å². The lowest BCUT2D eigenvalue weighted by Crippen LogP contribution is -2.58. The molecule has 0 radical (unpaired) electrons. The average Bonchev–Trinajstić information content (AvgIpc) is 2.92. The summed E-state index contributed by atoms with van der Waals surface area (Å²) in [6.45, 7) is 8.95. The van der Waals surface area contributed by atoms with Crippen molar-refractivity contribution in [1.29, 1.82) is 0 Å². The fourth-order valence-corrected chi connectivity index (χ4v) is 5.34. The lowest BCUT2D eigenvalue weighted by molar-refractivity contribution is -0.137. The number of aromatic nitrogens is 2. The number of amides is 3. The van der Waals surface area contributed by atoms with Gasteiger partial charge in [-0.15, -0.1) is 12.4 Å². The molecule has 1 aliphatic heterocycles. The van der Waals surface area contributed by atoms with Gasteiger partial charge in [-0.1, -0.05) is 19.1 Å². The van der Waals surface area contributed by atoms with Crippen molar-refractivity contribution in [3.05, 3.63) is 52.6 Å². The highest BCUT2D eigenvalue weighted by Gasteiger charge is 2.31. The number of benzene rings is 1. The van der Waals surface area contributed by atoms with Gasteiger partial charge in [-0.25, -0.2) is 9.59 Å². The molecule has 2 aliphatic rings. The van der Waals surface area contributed by atoms with E-state index in [-0.39, 0.29) is 30.2 Å². The van der Waals surface area contributed by atoms with Crippen LogP contribution < -0.4 is 22.5 Å². The molecule has 0 bridgehead atoms. The number of piperazine rings is 1. The van der Waals surface area contributed by atoms with Gasteiger partial charge in [0.2, 0.25) is 5.91 Å². The molecule has 1 saturated carbocycles. The summed E-state index contributed by atoms with van der Waals surface area (Å²) in [5.41, 5.74) is 12.5. The van der Waals surface area contributed by atoms with E-state index in [1.807, 2.05) is 24.3 Å². The van der Waals surface area contributed by atoms with Crippen LogP contribution in [0.5, 0.6) is 0 Å². The van der Waals surface area contributed by atoms with E-state index >= 15 is 0 Å². The molecule has 12 heteroatoms. The maximum atomic E-state index is 12.8. The molecule has 2 aromatic rings. The first-order chi connectivity index (χ1) is 18.5. The molecule has 2 fully saturated rings. The maximum Gasteiger partial charge on any atom is 0.354 e. The quantitative estimate of drug-likeness (QED) is 0.460. The first-order valence-electron chi connectivity index (χ1n) is 13.9. The molecule has 40 heavy (non-hydrogen) atoms. The van der Waals surface area contributed by atoms with Gasteiger partial charge in [-0.05, 0) is 69.8 Å². The third-order valence-corrected chi connectivity index (χ3v) is 7.71. The van der Waals surface area contributed by atoms with Gasteiger partial charge in [0, 0.05) is 51.0 Å². The first kappa shape index (κ1) is 31.5. The standard InChI is InChI=1S/C28H42N8O3.ClH/c1-4-33(22-11-7-21(29)8-12-22)19-20-5-9-23(10-6-20)36-14-13-24(32-27(36)39)31-26(38)35-17-15-34(16-18-35)25(37)28(2,3)30;/h5-6,9-10,13-14,21-22H,4,7-8,11-12,15-19,29-30H2,1-3H3,(H,31,32,38,39);1H/t21-,22+;. The summed E-state index contributed by atoms with van der Waals surface area (Å²) >= 11 is 0. The number of carbonyl (C=O) groups is 2. The molecule has 11 nitrogen and oxygen atoms in total. The molecular formula is C28H43ClN8O3. The van der Waals surface area contributed by atoms with Crippen molar-refractivity contribution in [3.63, 3.8) is 0 Å². The molecule has 5 N–H and O–H groups in total. The Kier molecular flexibility index (Phi) is 10.7. The molecule has 4 rings (SSSR count). The maximum absolute atomic E-state index is 12.8. The Bertz CT molecular complexity index is 1200. The van der Waals surface area contributed by atoms with Crippen LogP contribution >= 0.6 is 12.4 Å². The fraction of sp³-hybridized carbons (Fsp3) is 0.571. The molecule has 0 unspecified atom stereocenters. The molecule has 2 heterocycles. The predicted octanol–water partition coefficient (Wildman–Crippen LogP) is 2.16. The molecule has 1 aromatic heterocycles. The molecule has 3 amide bonds. The Morgan fingerprint density at radius 3 is 2.17 bits per heavy atom. The van der Waals surface area contributed by atoms with Gasteiger partial charge in [0.05, 0.1) is 11.2 Å². The zero-order chi connectivity index (χ0) is 28.2. The Morgan fingerprint density at radius 1 is 1.02 bits per heavy atom. The topological polar surface area (TPSA) is 143 Å². The normalized spacial score (nSPS) is 19.8. The van der Waals surface area contributed by atoms with Crippen molar-refractivity contribution in [2.24, 2.45) is 11.5 Å². The van der Waals surface area contributed by atoms with Crippen LogP contribution in [0.25, 0.3) is 5.69 Å². The lowest BCUT2D eigenvalue weighted by Gasteiger charge is -2.37. The van der Waals surface area contributed by atoms with E-state index in [4.69, 9.17) is 11.5 Å². The van der Waals surface area contributed by atoms with Crippen LogP contribution in [-0.2, 0) is 11.3 Å². The number of nitrogens with two attached hydrogens (primary N) is 2. The van der Waals surface area contributed by atoms with Gasteiger partial charge in [-0.2, -0.15) is 4.98 Å². The van der Waals surface area contributed by atoms with Crippen molar-refractivity contribution in [2.75, 3.05) is 38.0 Å². The number of nitrogens with zero attached hydrogens (tertiary/aromatic N) is 5. The Hall–Kier alpha value is -2.99. The molecule has 220 valence electrons. The van der Waals surface area contributed by atoms with E-state index in [0.717, 1.165) is 38.8 Å². The van der Waals surface area contributed by atoms with Crippen LogP contribution in [-0.4, -0.2) is 86.5 Å². The molecule has 1 aliphatic carbocycles. The number of nitrogens with one attached hydrogen (secondary N) is 1. The number of rotatable bonds is 7. The second kappa shape index (κ2) is 13.6. The minimum atomic E-state index is -0.946. The summed E-state index contributed by atoms with van der Waals surface area (Å²) in [4.78, 5) is 47.7. The number of hydrogen-bond donors (Lipinski definition) is 3. The monoisotopic (exact) mass is 574 g/mol. The zero-order valence-electron chi connectivity index (χ0n) is 23.7. The summed E-state index contributed by atoms with van der Waals surface area (Å²) in [5.74, 6) is 0.0447. The van der Waals surface area contributed by atoms with Gasteiger partial charge in [0.25, 0.3) is 0 Å². The van der Waals surface area contributed by atoms with E-state index in [9.17, 15) is 14.4 Å². The summed E-state index contributed by atoms with van der Waals surface area (Å²) in [5, 5.41) is 2.70. The summed E-state index contributed by atoms with van der Waals surface area (Å²) in [7, 11) is 0. The van der Waals surface area contributed by atoms with Gasteiger partial charge in [0.15, 0.2) is 0 Å². The van der Waals surface area contributed by atoms with E-state index in [2.05, 4.69) is 22.1 Å². The van der Waals surface area contributed by atoms with Crippen molar-refractivity contribution in [2.45, 2.75) is 70.6 Å². The average molecular weight is 575 g/mol. The zero-order valence-corrected chi connectivity index (χ0v) is 24.5. The SMILES string of the molecule is CCN(Cc1ccc(-n2ccc(NC(=O)N3CCN(C(=O)C(C)(C)N)CC3)nc2=O)cc1)[C@H]1CC[C@@H](N)CC1.Cl. The summed E-state index contributed by atoms with van der Waals surface area (Å²) < 4.78 is 1.46. The molecule has 0 spiro atoms. The number of anilines is 1. The van der Waals surface area contributed by atoms with Crippen LogP contribution in [0, 0.1) is 0 Å². The minimum Gasteiger partial charge on any atom is -0.338 e. The van der Waals surface area contributed by atoms with Crippen LogP contribution in [0.1, 0.15) is 52.0 Å². The summed E-state index contributed by atoms with van der Waals surface area (Å²) in [6, 6.07) is 10.1. The number of hydrogen-bond acceptors (Lipinski definition) is 7. The van der Waals surface area contributed by atoms with Gasteiger partial charge in [0.1, 0.15) is 5.82 Å². The second-order valence-corrected chi connectivity index (χ2v) is 11.2. The van der Waals surface area contributed by atoms with E-state index in [1.54, 1.807) is 35.9 Å². The molecular weight excluding hydrogens is 532 g/mol. The van der Waals surface area contributed by atoms with E-state index < -0.39 is 11.2 Å². The van der Waals surface area contributed by atoms with Crippen LogP contribution in [0.15, 0.2) is 41.3 Å². The van der Waals surface area contributed by atoms with Gasteiger partial charge < -0.3 is 21.3 Å². The minimum absolute atomic E-state index is 0. The van der Waals surface area contributed by atoms with Crippen LogP contribution in [0.2, 0.25) is 0 Å². The largest absolute Gasteiger partial charge is 0.354 e. The van der Waals surface area contributed by atoms with Crippen molar-refractivity contribution < 1.29 is 9.59 Å². The molecule has 1 saturated heterocycles. The number of urea groups is 1. The van der Waals surface area contributed by atoms with Crippen molar-refractivity contribution in [3.8, 4) is 5.69 Å². The highest BCUT2D eigenvalue weighted by Crippen LogP contribution is 2.24. The molecule has 0 atom stereocenters. The Labute approximate surface area is 242 Å². The van der Waals surface area contributed by atoms with Crippen LogP contribution in [0.4, 0.5) is 10.6 Å². The van der Waals surface area contributed by atoms with Crippen LogP contribution in [0.3, 0.4) is 0 Å². The van der Waals surface area contributed by atoms with E-state index in [0.29, 0.717) is 44.0 Å². The second-order valence-electron chi connectivity index (χ2n) is 11.2. The predicted molar refractivity (Wildman–Crippen MR) is 159 cm³/mol.